The van der Waals surface area contributed by atoms with Crippen LogP contribution in [0.5, 0.6) is 0 Å². The molecule has 1 aromatic heterocycles. The van der Waals surface area contributed by atoms with Crippen molar-refractivity contribution in [3.8, 4) is 0 Å². The van der Waals surface area contributed by atoms with Crippen molar-refractivity contribution in [1.82, 2.24) is 9.88 Å². The van der Waals surface area contributed by atoms with Crippen molar-refractivity contribution in [2.45, 2.75) is 47.2 Å². The lowest BCUT2D eigenvalue weighted by atomic mass is 10.1. The summed E-state index contributed by atoms with van der Waals surface area (Å²) < 4.78 is 6.91. The summed E-state index contributed by atoms with van der Waals surface area (Å²) in [6.07, 6.45) is 1.03. The third-order valence-corrected chi connectivity index (χ3v) is 3.55. The Morgan fingerprint density at radius 2 is 2.05 bits per heavy atom. The van der Waals surface area contributed by atoms with Crippen molar-refractivity contribution in [3.63, 3.8) is 0 Å². The van der Waals surface area contributed by atoms with Gasteiger partial charge in [0.2, 0.25) is 0 Å². The second-order valence-corrected chi connectivity index (χ2v) is 5.76. The molecule has 0 fully saturated rings. The number of aryl methyl sites for hydroxylation is 2. The molecule has 114 valence electrons. The first kappa shape index (κ1) is 16.9. The summed E-state index contributed by atoms with van der Waals surface area (Å²) in [4.78, 5) is 12.6. The Morgan fingerprint density at radius 1 is 1.35 bits per heavy atom. The van der Waals surface area contributed by atoms with Gasteiger partial charge in [0.25, 0.3) is 5.56 Å². The van der Waals surface area contributed by atoms with Crippen molar-refractivity contribution in [1.29, 1.82) is 0 Å². The quantitative estimate of drug-likeness (QED) is 0.743. The highest BCUT2D eigenvalue weighted by Gasteiger charge is 2.10. The van der Waals surface area contributed by atoms with Crippen LogP contribution in [0.3, 0.4) is 0 Å². The fourth-order valence-electron chi connectivity index (χ4n) is 2.24. The molecule has 20 heavy (non-hydrogen) atoms. The van der Waals surface area contributed by atoms with Crippen LogP contribution in [0.1, 0.15) is 37.1 Å². The highest BCUT2D eigenvalue weighted by Crippen LogP contribution is 2.09. The molecule has 1 N–H and O–H groups in total. The average Bonchev–Trinajstić information content (AvgIpc) is 2.36. The van der Waals surface area contributed by atoms with Crippen molar-refractivity contribution < 1.29 is 4.74 Å². The monoisotopic (exact) mass is 280 g/mol. The SMILES string of the molecule is COCCNCc1c(C)cc(C)n(CCC(C)C)c1=O. The van der Waals surface area contributed by atoms with Crippen LogP contribution in [-0.2, 0) is 17.8 Å². The minimum Gasteiger partial charge on any atom is -0.383 e. The number of nitrogens with one attached hydrogen (secondary N) is 1. The number of ether oxygens (including phenoxy) is 1. The number of hydrogen-bond donors (Lipinski definition) is 1. The van der Waals surface area contributed by atoms with Crippen molar-refractivity contribution in [2.75, 3.05) is 20.3 Å². The van der Waals surface area contributed by atoms with E-state index < -0.39 is 0 Å². The standard InChI is InChI=1S/C16H28N2O2/c1-12(2)6-8-18-14(4)10-13(3)15(16(18)19)11-17-7-9-20-5/h10,12,17H,6-9,11H2,1-5H3. The van der Waals surface area contributed by atoms with E-state index in [9.17, 15) is 4.79 Å². The molecule has 1 heterocycles. The molecule has 0 aliphatic rings. The van der Waals surface area contributed by atoms with Gasteiger partial charge in [-0.3, -0.25) is 4.79 Å². The lowest BCUT2D eigenvalue weighted by Crippen LogP contribution is -2.31. The smallest absolute Gasteiger partial charge is 0.255 e. The molecule has 1 aromatic rings. The molecular formula is C16H28N2O2. The minimum absolute atomic E-state index is 0.146. The highest BCUT2D eigenvalue weighted by atomic mass is 16.5. The Balaban J connectivity index is 2.88. The van der Waals surface area contributed by atoms with Crippen LogP contribution in [0.15, 0.2) is 10.9 Å². The fourth-order valence-corrected chi connectivity index (χ4v) is 2.24. The van der Waals surface area contributed by atoms with E-state index in [1.165, 1.54) is 0 Å². The maximum atomic E-state index is 12.6. The molecule has 0 saturated carbocycles. The molecule has 1 rings (SSSR count). The fraction of sp³-hybridized carbons (Fsp3) is 0.688. The van der Waals surface area contributed by atoms with E-state index in [1.807, 2.05) is 18.4 Å². The Hall–Kier alpha value is -1.13. The third-order valence-electron chi connectivity index (χ3n) is 3.55. The molecule has 0 saturated heterocycles. The maximum Gasteiger partial charge on any atom is 0.255 e. The van der Waals surface area contributed by atoms with E-state index in [4.69, 9.17) is 4.74 Å². The molecule has 0 aromatic carbocycles. The zero-order valence-electron chi connectivity index (χ0n) is 13.5. The zero-order valence-corrected chi connectivity index (χ0v) is 13.5. The Kier molecular flexibility index (Phi) is 6.96. The lowest BCUT2D eigenvalue weighted by Gasteiger charge is -2.16. The average molecular weight is 280 g/mol. The summed E-state index contributed by atoms with van der Waals surface area (Å²) in [6, 6.07) is 2.11. The van der Waals surface area contributed by atoms with E-state index >= 15 is 0 Å². The highest BCUT2D eigenvalue weighted by molar-refractivity contribution is 5.26. The lowest BCUT2D eigenvalue weighted by molar-refractivity contribution is 0.199. The number of methoxy groups -OCH3 is 1. The molecule has 0 atom stereocenters. The van der Waals surface area contributed by atoms with E-state index in [2.05, 4.69) is 25.2 Å². The molecule has 4 nitrogen and oxygen atoms in total. The molecule has 0 bridgehead atoms. The summed E-state index contributed by atoms with van der Waals surface area (Å²) in [5.41, 5.74) is 3.13. The topological polar surface area (TPSA) is 43.3 Å². The molecular weight excluding hydrogens is 252 g/mol. The predicted molar refractivity (Wildman–Crippen MR) is 83.2 cm³/mol. The van der Waals surface area contributed by atoms with Crippen molar-refractivity contribution in [2.24, 2.45) is 5.92 Å². The maximum absolute atomic E-state index is 12.6. The van der Waals surface area contributed by atoms with E-state index in [-0.39, 0.29) is 5.56 Å². The number of nitrogens with zero attached hydrogens (tertiary/aromatic N) is 1. The van der Waals surface area contributed by atoms with Crippen molar-refractivity contribution >= 4 is 0 Å². The first-order valence-corrected chi connectivity index (χ1v) is 7.37. The van der Waals surface area contributed by atoms with Crippen LogP contribution in [0.25, 0.3) is 0 Å². The van der Waals surface area contributed by atoms with Gasteiger partial charge in [0.15, 0.2) is 0 Å². The van der Waals surface area contributed by atoms with E-state index in [0.29, 0.717) is 19.1 Å². The van der Waals surface area contributed by atoms with Gasteiger partial charge in [-0.1, -0.05) is 13.8 Å². The molecule has 0 aliphatic carbocycles. The van der Waals surface area contributed by atoms with Gasteiger partial charge in [-0.05, 0) is 37.8 Å². The van der Waals surface area contributed by atoms with Crippen LogP contribution in [0, 0.1) is 19.8 Å². The molecule has 0 amide bonds. The first-order valence-electron chi connectivity index (χ1n) is 7.37. The van der Waals surface area contributed by atoms with Gasteiger partial charge in [-0.15, -0.1) is 0 Å². The number of hydrogen-bond acceptors (Lipinski definition) is 3. The number of pyridine rings is 1. The van der Waals surface area contributed by atoms with Gasteiger partial charge in [-0.2, -0.15) is 0 Å². The van der Waals surface area contributed by atoms with Crippen LogP contribution >= 0.6 is 0 Å². The summed E-state index contributed by atoms with van der Waals surface area (Å²) in [6.45, 7) is 11.2. The van der Waals surface area contributed by atoms with Crippen LogP contribution in [-0.4, -0.2) is 24.8 Å². The summed E-state index contributed by atoms with van der Waals surface area (Å²) >= 11 is 0. The molecule has 0 spiro atoms. The third kappa shape index (κ3) is 4.76. The van der Waals surface area contributed by atoms with Crippen LogP contribution in [0.2, 0.25) is 0 Å². The van der Waals surface area contributed by atoms with Gasteiger partial charge in [0.1, 0.15) is 0 Å². The molecule has 0 radical (unpaired) electrons. The summed E-state index contributed by atoms with van der Waals surface area (Å²) in [7, 11) is 1.68. The second kappa shape index (κ2) is 8.22. The Bertz CT molecular complexity index is 478. The normalized spacial score (nSPS) is 11.3. The summed E-state index contributed by atoms with van der Waals surface area (Å²) in [5.74, 6) is 0.603. The second-order valence-electron chi connectivity index (χ2n) is 5.76. The molecule has 4 heteroatoms. The minimum atomic E-state index is 0.146. The van der Waals surface area contributed by atoms with Crippen LogP contribution < -0.4 is 10.9 Å². The van der Waals surface area contributed by atoms with Crippen LogP contribution in [0.4, 0.5) is 0 Å². The Morgan fingerprint density at radius 3 is 2.65 bits per heavy atom. The van der Waals surface area contributed by atoms with Gasteiger partial charge in [0, 0.05) is 38.0 Å². The van der Waals surface area contributed by atoms with E-state index in [0.717, 1.165) is 36.3 Å². The zero-order chi connectivity index (χ0) is 15.1. The van der Waals surface area contributed by atoms with Gasteiger partial charge >= 0.3 is 0 Å². The molecule has 0 unspecified atom stereocenters. The molecule has 0 aliphatic heterocycles. The predicted octanol–water partition coefficient (Wildman–Crippen LogP) is 2.25. The van der Waals surface area contributed by atoms with Crippen molar-refractivity contribution in [3.05, 3.63) is 33.2 Å². The summed E-state index contributed by atoms with van der Waals surface area (Å²) in [5, 5.41) is 3.26. The number of aromatic nitrogens is 1. The van der Waals surface area contributed by atoms with E-state index in [1.54, 1.807) is 7.11 Å². The first-order chi connectivity index (χ1) is 9.47. The number of rotatable bonds is 8. The van der Waals surface area contributed by atoms with Gasteiger partial charge in [-0.25, -0.2) is 0 Å². The van der Waals surface area contributed by atoms with Gasteiger partial charge in [0.05, 0.1) is 6.61 Å². The Labute approximate surface area is 122 Å². The largest absolute Gasteiger partial charge is 0.383 e. The van der Waals surface area contributed by atoms with Gasteiger partial charge < -0.3 is 14.6 Å².